The van der Waals surface area contributed by atoms with Crippen LogP contribution in [0.15, 0.2) is 0 Å². The van der Waals surface area contributed by atoms with Gasteiger partial charge in [0.15, 0.2) is 0 Å². The van der Waals surface area contributed by atoms with Crippen molar-refractivity contribution in [1.82, 2.24) is 19.8 Å². The van der Waals surface area contributed by atoms with Crippen molar-refractivity contribution in [3.8, 4) is 0 Å². The van der Waals surface area contributed by atoms with Gasteiger partial charge in [0, 0.05) is 51.4 Å². The number of piperazine rings is 2. The molecule has 2 atom stereocenters. The highest BCUT2D eigenvalue weighted by Gasteiger charge is 2.43. The largest absolute Gasteiger partial charge is 0.304 e. The molecule has 0 amide bonds. The van der Waals surface area contributed by atoms with Crippen LogP contribution in [0.4, 0.5) is 0 Å². The van der Waals surface area contributed by atoms with E-state index in [4.69, 9.17) is 0 Å². The van der Waals surface area contributed by atoms with E-state index in [1.165, 1.54) is 45.7 Å². The summed E-state index contributed by atoms with van der Waals surface area (Å²) < 4.78 is 0. The van der Waals surface area contributed by atoms with Gasteiger partial charge in [-0.15, -0.1) is 0 Å². The minimum absolute atomic E-state index is 0.836. The maximum atomic E-state index is 2.60. The second kappa shape index (κ2) is 3.70. The zero-order valence-corrected chi connectivity index (χ0v) is 9.89. The van der Waals surface area contributed by atoms with Gasteiger partial charge in [-0.3, -0.25) is 4.90 Å². The van der Waals surface area contributed by atoms with Crippen LogP contribution in [0.3, 0.4) is 0 Å². The molecule has 4 aliphatic heterocycles. The Morgan fingerprint density at radius 1 is 0.800 bits per heavy atom. The molecule has 0 N–H and O–H groups in total. The van der Waals surface area contributed by atoms with E-state index < -0.39 is 0 Å². The first-order chi connectivity index (χ1) is 7.24. The molecular formula is C11H22N4. The zero-order valence-electron chi connectivity index (χ0n) is 9.89. The number of hydrogen-bond acceptors (Lipinski definition) is 4. The molecule has 0 aromatic carbocycles. The average molecular weight is 210 g/mol. The normalized spacial score (nSPS) is 40.4. The molecule has 2 unspecified atom stereocenters. The Morgan fingerprint density at radius 2 is 1.40 bits per heavy atom. The van der Waals surface area contributed by atoms with E-state index in [-0.39, 0.29) is 0 Å². The van der Waals surface area contributed by atoms with Crippen LogP contribution >= 0.6 is 0 Å². The molecule has 4 nitrogen and oxygen atoms in total. The van der Waals surface area contributed by atoms with E-state index in [0.29, 0.717) is 0 Å². The van der Waals surface area contributed by atoms with Gasteiger partial charge in [0.05, 0.1) is 0 Å². The number of nitrogens with zero attached hydrogens (tertiary/aromatic N) is 4. The number of rotatable bonds is 1. The monoisotopic (exact) mass is 210 g/mol. The minimum Gasteiger partial charge on any atom is -0.304 e. The van der Waals surface area contributed by atoms with Crippen LogP contribution in [-0.4, -0.2) is 85.3 Å². The SMILES string of the molecule is CN1CCN(N2CC3CC(C2)N3C)CC1. The lowest BCUT2D eigenvalue weighted by atomic mass is 9.89. The van der Waals surface area contributed by atoms with Crippen molar-refractivity contribution in [1.29, 1.82) is 0 Å². The third kappa shape index (κ3) is 1.69. The van der Waals surface area contributed by atoms with Crippen LogP contribution in [-0.2, 0) is 0 Å². The van der Waals surface area contributed by atoms with Crippen LogP contribution in [0.25, 0.3) is 0 Å². The number of piperidine rings is 1. The molecule has 4 saturated heterocycles. The van der Waals surface area contributed by atoms with E-state index in [2.05, 4.69) is 33.9 Å². The Balaban J connectivity index is 1.56. The third-order valence-electron chi connectivity index (χ3n) is 4.42. The number of fused-ring (bicyclic) bond motifs is 2. The summed E-state index contributed by atoms with van der Waals surface area (Å²) in [7, 11) is 4.50. The first-order valence-corrected chi connectivity index (χ1v) is 6.14. The third-order valence-corrected chi connectivity index (χ3v) is 4.42. The molecular weight excluding hydrogens is 188 g/mol. The highest BCUT2D eigenvalue weighted by atomic mass is 15.7. The summed E-state index contributed by atoms with van der Waals surface area (Å²) in [6, 6.07) is 1.67. The van der Waals surface area contributed by atoms with E-state index >= 15 is 0 Å². The lowest BCUT2D eigenvalue weighted by molar-refractivity contribution is -0.151. The van der Waals surface area contributed by atoms with Crippen LogP contribution < -0.4 is 0 Å². The van der Waals surface area contributed by atoms with Crippen LogP contribution in [0.2, 0.25) is 0 Å². The fourth-order valence-corrected chi connectivity index (χ4v) is 3.08. The van der Waals surface area contributed by atoms with Gasteiger partial charge in [0.25, 0.3) is 0 Å². The highest BCUT2D eigenvalue weighted by Crippen LogP contribution is 2.31. The Labute approximate surface area is 92.4 Å². The Morgan fingerprint density at radius 3 is 1.93 bits per heavy atom. The van der Waals surface area contributed by atoms with E-state index in [1.54, 1.807) is 0 Å². The van der Waals surface area contributed by atoms with Crippen LogP contribution in [0.1, 0.15) is 6.42 Å². The summed E-state index contributed by atoms with van der Waals surface area (Å²) in [5.41, 5.74) is 0. The van der Waals surface area contributed by atoms with Gasteiger partial charge in [-0.05, 0) is 20.5 Å². The molecule has 15 heavy (non-hydrogen) atoms. The molecule has 0 spiro atoms. The molecule has 2 bridgehead atoms. The predicted molar refractivity (Wildman–Crippen MR) is 60.6 cm³/mol. The topological polar surface area (TPSA) is 13.0 Å². The van der Waals surface area contributed by atoms with E-state index in [1.807, 2.05) is 0 Å². The van der Waals surface area contributed by atoms with Gasteiger partial charge in [0.2, 0.25) is 0 Å². The molecule has 4 heterocycles. The summed E-state index contributed by atoms with van der Waals surface area (Å²) in [6.45, 7) is 7.41. The molecule has 4 aliphatic rings. The summed E-state index contributed by atoms with van der Waals surface area (Å²) in [5.74, 6) is 0. The van der Waals surface area contributed by atoms with Gasteiger partial charge in [-0.25, -0.2) is 10.0 Å². The smallest absolute Gasteiger partial charge is 0.0291 e. The van der Waals surface area contributed by atoms with Crippen molar-refractivity contribution >= 4 is 0 Å². The van der Waals surface area contributed by atoms with Crippen molar-refractivity contribution in [2.24, 2.45) is 0 Å². The van der Waals surface area contributed by atoms with Gasteiger partial charge >= 0.3 is 0 Å². The van der Waals surface area contributed by atoms with Gasteiger partial charge in [0.1, 0.15) is 0 Å². The van der Waals surface area contributed by atoms with E-state index in [9.17, 15) is 0 Å². The second-order valence-corrected chi connectivity index (χ2v) is 5.34. The molecule has 0 aromatic heterocycles. The molecule has 0 radical (unpaired) electrons. The summed E-state index contributed by atoms with van der Waals surface area (Å²) in [4.78, 5) is 4.97. The molecule has 4 rings (SSSR count). The first-order valence-electron chi connectivity index (χ1n) is 6.14. The van der Waals surface area contributed by atoms with Gasteiger partial charge in [-0.2, -0.15) is 0 Å². The maximum absolute atomic E-state index is 2.60. The van der Waals surface area contributed by atoms with Crippen molar-refractivity contribution < 1.29 is 0 Å². The van der Waals surface area contributed by atoms with Gasteiger partial charge < -0.3 is 4.90 Å². The number of hydrazine groups is 1. The molecule has 86 valence electrons. The average Bonchev–Trinajstić information content (AvgIpc) is 2.29. The quantitative estimate of drug-likeness (QED) is 0.580. The Kier molecular flexibility index (Phi) is 2.47. The van der Waals surface area contributed by atoms with E-state index in [0.717, 1.165) is 12.1 Å². The standard InChI is InChI=1S/C11H22N4/c1-12-3-5-14(6-4-12)15-8-10-7-11(9-15)13(10)2/h10-11H,3-9H2,1-2H3. The van der Waals surface area contributed by atoms with Crippen molar-refractivity contribution in [2.45, 2.75) is 18.5 Å². The van der Waals surface area contributed by atoms with Crippen molar-refractivity contribution in [3.63, 3.8) is 0 Å². The lowest BCUT2D eigenvalue weighted by Gasteiger charge is -2.57. The summed E-state index contributed by atoms with van der Waals surface area (Å²) >= 11 is 0. The van der Waals surface area contributed by atoms with Gasteiger partial charge in [-0.1, -0.05) is 0 Å². The maximum Gasteiger partial charge on any atom is 0.0291 e. The van der Waals surface area contributed by atoms with Crippen molar-refractivity contribution in [2.75, 3.05) is 53.4 Å². The number of hydrogen-bond donors (Lipinski definition) is 0. The summed E-state index contributed by atoms with van der Waals surface area (Å²) in [6.07, 6.45) is 1.43. The molecule has 4 fully saturated rings. The molecule has 4 heteroatoms. The summed E-state index contributed by atoms with van der Waals surface area (Å²) in [5, 5.41) is 5.18. The molecule has 0 saturated carbocycles. The minimum atomic E-state index is 0.836. The molecule has 0 aliphatic carbocycles. The van der Waals surface area contributed by atoms with Crippen molar-refractivity contribution in [3.05, 3.63) is 0 Å². The Bertz CT molecular complexity index is 225. The zero-order chi connectivity index (χ0) is 10.4. The highest BCUT2D eigenvalue weighted by molar-refractivity contribution is 4.98. The number of likely N-dealkylation sites (N-methyl/N-ethyl adjacent to an activating group) is 2. The predicted octanol–water partition coefficient (Wildman–Crippen LogP) is -0.463. The van der Waals surface area contributed by atoms with Crippen LogP contribution in [0.5, 0.6) is 0 Å². The second-order valence-electron chi connectivity index (χ2n) is 5.34. The lowest BCUT2D eigenvalue weighted by Crippen LogP contribution is -2.70. The Hall–Kier alpha value is -0.160. The van der Waals surface area contributed by atoms with Crippen LogP contribution in [0, 0.1) is 0 Å². The molecule has 0 aromatic rings. The fourth-order valence-electron chi connectivity index (χ4n) is 3.08. The first kappa shape index (κ1) is 10.0. The fraction of sp³-hybridized carbons (Fsp3) is 1.00.